The molecule has 0 aliphatic carbocycles. The minimum atomic E-state index is -0.936. The van der Waals surface area contributed by atoms with E-state index in [0.717, 1.165) is 15.7 Å². The number of rotatable bonds is 8. The van der Waals surface area contributed by atoms with Crippen LogP contribution in [-0.4, -0.2) is 35.3 Å². The van der Waals surface area contributed by atoms with Gasteiger partial charge in [0, 0.05) is 7.11 Å². The summed E-state index contributed by atoms with van der Waals surface area (Å²) in [5, 5.41) is 20.1. The number of nitriles is 1. The summed E-state index contributed by atoms with van der Waals surface area (Å²) in [5.41, 5.74) is 1.17. The maximum atomic E-state index is 13.2. The molecule has 0 aliphatic heterocycles. The molecule has 1 N–H and O–H groups in total. The number of hydrogen-bond acceptors (Lipinski definition) is 6. The van der Waals surface area contributed by atoms with E-state index in [4.69, 9.17) is 9.47 Å². The first-order valence-electron chi connectivity index (χ1n) is 9.80. The topological polar surface area (TPSA) is 102 Å². The molecule has 1 heterocycles. The SMILES string of the molecule is COCCn1c(O)c(C(=O)C(C)Oc2cc(C)ccc2C(C)C)c(C)c(C#N)c1=O. The molecule has 0 saturated carbocycles. The Bertz CT molecular complexity index is 1050. The number of benzene rings is 1. The Labute approximate surface area is 176 Å². The van der Waals surface area contributed by atoms with Gasteiger partial charge in [-0.1, -0.05) is 26.0 Å². The number of aromatic nitrogens is 1. The van der Waals surface area contributed by atoms with Gasteiger partial charge in [-0.3, -0.25) is 14.2 Å². The van der Waals surface area contributed by atoms with Crippen LogP contribution in [0.3, 0.4) is 0 Å². The number of methoxy groups -OCH3 is 1. The lowest BCUT2D eigenvalue weighted by Gasteiger charge is -2.21. The van der Waals surface area contributed by atoms with Gasteiger partial charge < -0.3 is 14.6 Å². The Balaban J connectivity index is 2.52. The van der Waals surface area contributed by atoms with Crippen LogP contribution in [0.1, 0.15) is 59.3 Å². The van der Waals surface area contributed by atoms with Gasteiger partial charge >= 0.3 is 0 Å². The smallest absolute Gasteiger partial charge is 0.271 e. The Morgan fingerprint density at radius 3 is 2.50 bits per heavy atom. The maximum Gasteiger partial charge on any atom is 0.271 e. The highest BCUT2D eigenvalue weighted by atomic mass is 16.5. The molecule has 0 radical (unpaired) electrons. The van der Waals surface area contributed by atoms with Crippen molar-refractivity contribution in [2.75, 3.05) is 13.7 Å². The zero-order valence-electron chi connectivity index (χ0n) is 18.3. The molecule has 2 rings (SSSR count). The molecule has 0 aliphatic rings. The van der Waals surface area contributed by atoms with Crippen LogP contribution >= 0.6 is 0 Å². The summed E-state index contributed by atoms with van der Waals surface area (Å²) in [4.78, 5) is 25.7. The fraction of sp³-hybridized carbons (Fsp3) is 0.435. The molecule has 1 aromatic heterocycles. The summed E-state index contributed by atoms with van der Waals surface area (Å²) in [6.45, 7) is 9.22. The van der Waals surface area contributed by atoms with E-state index in [1.165, 1.54) is 14.0 Å². The maximum absolute atomic E-state index is 13.2. The van der Waals surface area contributed by atoms with Gasteiger partial charge in [-0.15, -0.1) is 0 Å². The van der Waals surface area contributed by atoms with Gasteiger partial charge in [0.2, 0.25) is 11.7 Å². The zero-order valence-corrected chi connectivity index (χ0v) is 18.3. The Morgan fingerprint density at radius 1 is 1.27 bits per heavy atom. The van der Waals surface area contributed by atoms with E-state index in [1.54, 1.807) is 6.92 Å². The predicted molar refractivity (Wildman–Crippen MR) is 113 cm³/mol. The normalized spacial score (nSPS) is 11.9. The summed E-state index contributed by atoms with van der Waals surface area (Å²) >= 11 is 0. The van der Waals surface area contributed by atoms with E-state index in [-0.39, 0.29) is 35.8 Å². The van der Waals surface area contributed by atoms with Crippen molar-refractivity contribution in [2.45, 2.75) is 53.2 Å². The fourth-order valence-electron chi connectivity index (χ4n) is 3.30. The lowest BCUT2D eigenvalue weighted by Crippen LogP contribution is -2.31. The van der Waals surface area contributed by atoms with E-state index in [2.05, 4.69) is 0 Å². The van der Waals surface area contributed by atoms with Crippen molar-refractivity contribution in [3.63, 3.8) is 0 Å². The average Bonchev–Trinajstić information content (AvgIpc) is 2.68. The number of Topliss-reactive ketones (excluding diaryl/α,β-unsaturated/α-hetero) is 1. The quantitative estimate of drug-likeness (QED) is 0.666. The molecule has 0 amide bonds. The van der Waals surface area contributed by atoms with E-state index in [1.807, 2.05) is 45.0 Å². The molecular formula is C23H28N2O5. The molecule has 30 heavy (non-hydrogen) atoms. The van der Waals surface area contributed by atoms with Crippen LogP contribution in [0.4, 0.5) is 0 Å². The van der Waals surface area contributed by atoms with Crippen LogP contribution < -0.4 is 10.3 Å². The van der Waals surface area contributed by atoms with Crippen molar-refractivity contribution >= 4 is 5.78 Å². The third-order valence-corrected chi connectivity index (χ3v) is 5.03. The van der Waals surface area contributed by atoms with Crippen molar-refractivity contribution in [2.24, 2.45) is 0 Å². The summed E-state index contributed by atoms with van der Waals surface area (Å²) in [6.07, 6.45) is -0.936. The third kappa shape index (κ3) is 4.55. The van der Waals surface area contributed by atoms with Gasteiger partial charge in [0.15, 0.2) is 6.10 Å². The molecule has 1 aromatic carbocycles. The molecule has 7 heteroatoms. The number of carbonyl (C=O) groups is 1. The van der Waals surface area contributed by atoms with Crippen molar-refractivity contribution in [3.05, 3.63) is 56.4 Å². The van der Waals surface area contributed by atoms with E-state index < -0.39 is 23.3 Å². The molecule has 0 spiro atoms. The molecule has 0 fully saturated rings. The third-order valence-electron chi connectivity index (χ3n) is 5.03. The standard InChI is InChI=1S/C23H28N2O5/c1-13(2)17-8-7-14(3)11-19(17)30-16(5)21(26)20-15(4)18(12-24)22(27)25(23(20)28)9-10-29-6/h7-8,11,13,16,28H,9-10H2,1-6H3. The molecule has 1 unspecified atom stereocenters. The first-order chi connectivity index (χ1) is 14.1. The second-order valence-electron chi connectivity index (χ2n) is 7.58. The number of aromatic hydroxyl groups is 1. The first-order valence-corrected chi connectivity index (χ1v) is 9.80. The van der Waals surface area contributed by atoms with Crippen LogP contribution in [0.15, 0.2) is 23.0 Å². The number of ketones is 1. The number of pyridine rings is 1. The number of ether oxygens (including phenoxy) is 2. The van der Waals surface area contributed by atoms with Crippen molar-refractivity contribution in [3.8, 4) is 17.7 Å². The summed E-state index contributed by atoms with van der Waals surface area (Å²) < 4.78 is 11.9. The zero-order chi connectivity index (χ0) is 22.6. The number of nitrogens with zero attached hydrogens (tertiary/aromatic N) is 2. The molecular weight excluding hydrogens is 384 g/mol. The summed E-state index contributed by atoms with van der Waals surface area (Å²) in [5.74, 6) is -0.207. The summed E-state index contributed by atoms with van der Waals surface area (Å²) in [6, 6.07) is 7.66. The minimum Gasteiger partial charge on any atom is -0.494 e. The Morgan fingerprint density at radius 2 is 1.93 bits per heavy atom. The Hall–Kier alpha value is -3.11. The number of carbonyl (C=O) groups excluding carboxylic acids is 1. The molecule has 7 nitrogen and oxygen atoms in total. The van der Waals surface area contributed by atoms with Gasteiger partial charge in [-0.2, -0.15) is 5.26 Å². The second kappa shape index (κ2) is 9.59. The van der Waals surface area contributed by atoms with E-state index in [9.17, 15) is 20.0 Å². The molecule has 0 saturated heterocycles. The predicted octanol–water partition coefficient (Wildman–Crippen LogP) is 3.46. The van der Waals surface area contributed by atoms with Crippen molar-refractivity contribution in [1.82, 2.24) is 4.57 Å². The highest BCUT2D eigenvalue weighted by Crippen LogP contribution is 2.30. The molecule has 160 valence electrons. The Kier molecular flexibility index (Phi) is 7.41. The second-order valence-corrected chi connectivity index (χ2v) is 7.58. The highest BCUT2D eigenvalue weighted by molar-refractivity contribution is 6.03. The van der Waals surface area contributed by atoms with Crippen LogP contribution in [-0.2, 0) is 11.3 Å². The number of hydrogen-bond donors (Lipinski definition) is 1. The van der Waals surface area contributed by atoms with Crippen LogP contribution in [0.2, 0.25) is 0 Å². The van der Waals surface area contributed by atoms with Crippen LogP contribution in [0, 0.1) is 25.2 Å². The van der Waals surface area contributed by atoms with Gasteiger partial charge in [0.05, 0.1) is 18.7 Å². The van der Waals surface area contributed by atoms with Gasteiger partial charge in [0.1, 0.15) is 17.4 Å². The lowest BCUT2D eigenvalue weighted by atomic mass is 9.98. The van der Waals surface area contributed by atoms with Gasteiger partial charge in [-0.05, 0) is 49.4 Å². The van der Waals surface area contributed by atoms with Gasteiger partial charge in [0.25, 0.3) is 5.56 Å². The first kappa shape index (κ1) is 23.2. The van der Waals surface area contributed by atoms with E-state index in [0.29, 0.717) is 5.75 Å². The number of aryl methyl sites for hydroxylation is 1. The minimum absolute atomic E-state index is 0.0149. The largest absolute Gasteiger partial charge is 0.494 e. The molecule has 0 bridgehead atoms. The van der Waals surface area contributed by atoms with Crippen LogP contribution in [0.5, 0.6) is 11.6 Å². The monoisotopic (exact) mass is 412 g/mol. The van der Waals surface area contributed by atoms with Gasteiger partial charge in [-0.25, -0.2) is 0 Å². The van der Waals surface area contributed by atoms with Crippen LogP contribution in [0.25, 0.3) is 0 Å². The fourth-order valence-corrected chi connectivity index (χ4v) is 3.30. The highest BCUT2D eigenvalue weighted by Gasteiger charge is 2.28. The van der Waals surface area contributed by atoms with Crippen molar-refractivity contribution < 1.29 is 19.4 Å². The molecule has 2 aromatic rings. The summed E-state index contributed by atoms with van der Waals surface area (Å²) in [7, 11) is 1.46. The van der Waals surface area contributed by atoms with E-state index >= 15 is 0 Å². The molecule has 1 atom stereocenters. The average molecular weight is 412 g/mol. The lowest BCUT2D eigenvalue weighted by molar-refractivity contribution is 0.0810. The van der Waals surface area contributed by atoms with Crippen molar-refractivity contribution in [1.29, 1.82) is 5.26 Å².